The largest absolute Gasteiger partial charge is 0.393 e. The highest BCUT2D eigenvalue weighted by molar-refractivity contribution is 5.78. The van der Waals surface area contributed by atoms with E-state index in [4.69, 9.17) is 0 Å². The molecule has 0 heterocycles. The molecule has 0 aromatic carbocycles. The minimum absolute atomic E-state index is 0.161. The first-order chi connectivity index (χ1) is 5.95. The molecule has 0 spiro atoms. The van der Waals surface area contributed by atoms with Gasteiger partial charge >= 0.3 is 0 Å². The number of carbonyl (C=O) groups excluding carboxylic acids is 1. The van der Waals surface area contributed by atoms with Crippen LogP contribution < -0.4 is 0 Å². The standard InChI is InChI=1S/C11H20O2/c1-6-5-10(9(4)12)7(2)8(3)11(6)13/h6-8,10-11,13H,5H2,1-4H3. The molecule has 0 saturated heterocycles. The summed E-state index contributed by atoms with van der Waals surface area (Å²) < 4.78 is 0. The lowest BCUT2D eigenvalue weighted by molar-refractivity contribution is -0.127. The second-order valence-electron chi connectivity index (χ2n) is 4.64. The maximum atomic E-state index is 11.3. The first kappa shape index (κ1) is 10.7. The van der Waals surface area contributed by atoms with E-state index < -0.39 is 0 Å². The smallest absolute Gasteiger partial charge is 0.133 e. The number of aliphatic hydroxyl groups excluding tert-OH is 1. The number of ketones is 1. The summed E-state index contributed by atoms with van der Waals surface area (Å²) in [5, 5.41) is 9.80. The van der Waals surface area contributed by atoms with Crippen LogP contribution in [-0.4, -0.2) is 17.0 Å². The van der Waals surface area contributed by atoms with Gasteiger partial charge in [0, 0.05) is 5.92 Å². The second kappa shape index (κ2) is 3.79. The van der Waals surface area contributed by atoms with Crippen LogP contribution in [0.5, 0.6) is 0 Å². The normalized spacial score (nSPS) is 46.1. The Morgan fingerprint density at radius 2 is 1.77 bits per heavy atom. The van der Waals surface area contributed by atoms with Crippen LogP contribution in [0.25, 0.3) is 0 Å². The van der Waals surface area contributed by atoms with Gasteiger partial charge in [0.05, 0.1) is 6.10 Å². The quantitative estimate of drug-likeness (QED) is 0.675. The lowest BCUT2D eigenvalue weighted by Gasteiger charge is -2.40. The summed E-state index contributed by atoms with van der Waals surface area (Å²) in [4.78, 5) is 11.3. The zero-order chi connectivity index (χ0) is 10.2. The predicted octanol–water partition coefficient (Wildman–Crippen LogP) is 1.86. The summed E-state index contributed by atoms with van der Waals surface area (Å²) in [6.07, 6.45) is 0.618. The molecular weight excluding hydrogens is 164 g/mol. The zero-order valence-electron chi connectivity index (χ0n) is 8.95. The molecule has 13 heavy (non-hydrogen) atoms. The van der Waals surface area contributed by atoms with Crippen molar-refractivity contribution in [3.05, 3.63) is 0 Å². The van der Waals surface area contributed by atoms with E-state index >= 15 is 0 Å². The summed E-state index contributed by atoms with van der Waals surface area (Å²) in [5.41, 5.74) is 0. The molecule has 1 N–H and O–H groups in total. The lowest BCUT2D eigenvalue weighted by atomic mass is 9.67. The van der Waals surface area contributed by atoms with E-state index in [-0.39, 0.29) is 29.6 Å². The lowest BCUT2D eigenvalue weighted by Crippen LogP contribution is -2.42. The van der Waals surface area contributed by atoms with Gasteiger partial charge in [0.25, 0.3) is 0 Å². The van der Waals surface area contributed by atoms with E-state index in [0.29, 0.717) is 5.92 Å². The SMILES string of the molecule is CC(=O)C1CC(C)C(O)C(C)C1C. The number of aliphatic hydroxyl groups is 1. The minimum Gasteiger partial charge on any atom is -0.393 e. The number of hydrogen-bond donors (Lipinski definition) is 1. The second-order valence-corrected chi connectivity index (χ2v) is 4.64. The molecule has 0 aromatic rings. The molecule has 0 bridgehead atoms. The van der Waals surface area contributed by atoms with Crippen LogP contribution in [0.4, 0.5) is 0 Å². The number of carbonyl (C=O) groups is 1. The van der Waals surface area contributed by atoms with Crippen LogP contribution in [-0.2, 0) is 4.79 Å². The van der Waals surface area contributed by atoms with E-state index in [0.717, 1.165) is 6.42 Å². The average Bonchev–Trinajstić information content (AvgIpc) is 2.07. The van der Waals surface area contributed by atoms with Crippen molar-refractivity contribution >= 4 is 5.78 Å². The maximum absolute atomic E-state index is 11.3. The Labute approximate surface area is 80.3 Å². The number of rotatable bonds is 1. The van der Waals surface area contributed by atoms with Crippen LogP contribution in [0.3, 0.4) is 0 Å². The van der Waals surface area contributed by atoms with Crippen molar-refractivity contribution in [3.8, 4) is 0 Å². The van der Waals surface area contributed by atoms with Gasteiger partial charge in [-0.25, -0.2) is 0 Å². The van der Waals surface area contributed by atoms with Gasteiger partial charge in [-0.2, -0.15) is 0 Å². The van der Waals surface area contributed by atoms with Crippen LogP contribution in [0, 0.1) is 23.7 Å². The molecule has 2 nitrogen and oxygen atoms in total. The average molecular weight is 184 g/mol. The van der Waals surface area contributed by atoms with E-state index in [9.17, 15) is 9.90 Å². The van der Waals surface area contributed by atoms with Crippen LogP contribution in [0.15, 0.2) is 0 Å². The van der Waals surface area contributed by atoms with Gasteiger partial charge in [-0.15, -0.1) is 0 Å². The summed E-state index contributed by atoms with van der Waals surface area (Å²) in [6, 6.07) is 0. The molecule has 5 atom stereocenters. The fourth-order valence-electron chi connectivity index (χ4n) is 2.49. The fraction of sp³-hybridized carbons (Fsp3) is 0.909. The first-order valence-corrected chi connectivity index (χ1v) is 5.13. The van der Waals surface area contributed by atoms with Crippen molar-refractivity contribution in [2.45, 2.75) is 40.2 Å². The highest BCUT2D eigenvalue weighted by atomic mass is 16.3. The molecular formula is C11H20O2. The summed E-state index contributed by atoms with van der Waals surface area (Å²) in [6.45, 7) is 7.81. The van der Waals surface area contributed by atoms with Crippen molar-refractivity contribution in [2.24, 2.45) is 23.7 Å². The molecule has 0 amide bonds. The maximum Gasteiger partial charge on any atom is 0.133 e. The Balaban J connectivity index is 2.76. The third kappa shape index (κ3) is 1.93. The van der Waals surface area contributed by atoms with E-state index in [1.807, 2.05) is 13.8 Å². The van der Waals surface area contributed by atoms with Crippen molar-refractivity contribution in [1.82, 2.24) is 0 Å². The van der Waals surface area contributed by atoms with Crippen LogP contribution in [0.2, 0.25) is 0 Å². The molecule has 1 aliphatic rings. The summed E-state index contributed by atoms with van der Waals surface area (Å²) in [7, 11) is 0. The Morgan fingerprint density at radius 1 is 1.23 bits per heavy atom. The molecule has 0 aromatic heterocycles. The van der Waals surface area contributed by atoms with Crippen molar-refractivity contribution in [2.75, 3.05) is 0 Å². The van der Waals surface area contributed by atoms with Crippen LogP contribution in [0.1, 0.15) is 34.1 Å². The first-order valence-electron chi connectivity index (χ1n) is 5.13. The van der Waals surface area contributed by atoms with Gasteiger partial charge in [-0.1, -0.05) is 20.8 Å². The molecule has 0 aliphatic heterocycles. The van der Waals surface area contributed by atoms with Gasteiger partial charge < -0.3 is 5.11 Å². The molecule has 2 heteroatoms. The third-order valence-electron chi connectivity index (χ3n) is 3.73. The fourth-order valence-corrected chi connectivity index (χ4v) is 2.49. The third-order valence-corrected chi connectivity index (χ3v) is 3.73. The van der Waals surface area contributed by atoms with Gasteiger partial charge in [0.2, 0.25) is 0 Å². The predicted molar refractivity (Wildman–Crippen MR) is 52.3 cm³/mol. The Bertz CT molecular complexity index is 200. The Hall–Kier alpha value is -0.370. The zero-order valence-corrected chi connectivity index (χ0v) is 8.95. The van der Waals surface area contributed by atoms with Gasteiger partial charge in [-0.05, 0) is 31.1 Å². The molecule has 5 unspecified atom stereocenters. The summed E-state index contributed by atoms with van der Waals surface area (Å²) >= 11 is 0. The number of hydrogen-bond acceptors (Lipinski definition) is 2. The summed E-state index contributed by atoms with van der Waals surface area (Å²) in [5.74, 6) is 1.27. The Kier molecular flexibility index (Phi) is 3.12. The van der Waals surface area contributed by atoms with E-state index in [1.54, 1.807) is 6.92 Å². The van der Waals surface area contributed by atoms with E-state index in [2.05, 4.69) is 6.92 Å². The van der Waals surface area contributed by atoms with Crippen molar-refractivity contribution in [3.63, 3.8) is 0 Å². The Morgan fingerprint density at radius 3 is 2.23 bits per heavy atom. The molecule has 1 rings (SSSR count). The minimum atomic E-state index is -0.231. The van der Waals surface area contributed by atoms with Crippen molar-refractivity contribution < 1.29 is 9.90 Å². The monoisotopic (exact) mass is 184 g/mol. The van der Waals surface area contributed by atoms with E-state index in [1.165, 1.54) is 0 Å². The topological polar surface area (TPSA) is 37.3 Å². The van der Waals surface area contributed by atoms with Gasteiger partial charge in [0.1, 0.15) is 5.78 Å². The number of Topliss-reactive ketones (excluding diaryl/α,β-unsaturated/α-hetero) is 1. The van der Waals surface area contributed by atoms with Gasteiger partial charge in [0.15, 0.2) is 0 Å². The molecule has 1 aliphatic carbocycles. The van der Waals surface area contributed by atoms with Crippen LogP contribution >= 0.6 is 0 Å². The van der Waals surface area contributed by atoms with Gasteiger partial charge in [-0.3, -0.25) is 4.79 Å². The highest BCUT2D eigenvalue weighted by Crippen LogP contribution is 2.38. The van der Waals surface area contributed by atoms with Crippen molar-refractivity contribution in [1.29, 1.82) is 0 Å². The molecule has 1 saturated carbocycles. The molecule has 76 valence electrons. The highest BCUT2D eigenvalue weighted by Gasteiger charge is 2.39. The molecule has 1 fully saturated rings. The molecule has 0 radical (unpaired) electrons.